The monoisotopic (exact) mass is 597 g/mol. The van der Waals surface area contributed by atoms with Crippen molar-refractivity contribution < 1.29 is 122 Å². The minimum Gasteiger partial charge on any atom is -0.550 e. The number of aryl methyl sites for hydroxylation is 2. The van der Waals surface area contributed by atoms with Crippen LogP contribution in [0.2, 0.25) is 0 Å². The van der Waals surface area contributed by atoms with Gasteiger partial charge in [-0.2, -0.15) is 4.98 Å². The van der Waals surface area contributed by atoms with E-state index in [4.69, 9.17) is 5.73 Å². The molecule has 1 amide bonds. The third-order valence-electron chi connectivity index (χ3n) is 4.77. The van der Waals surface area contributed by atoms with Crippen molar-refractivity contribution in [1.82, 2.24) is 20.3 Å². The van der Waals surface area contributed by atoms with Gasteiger partial charge >= 0.3 is 59.1 Å². The van der Waals surface area contributed by atoms with Crippen molar-refractivity contribution in [1.29, 1.82) is 0 Å². The number of carbonyl (C=O) groups excluding carboxylic acids is 3. The number of hydrogen-bond donors (Lipinski definition) is 4. The summed E-state index contributed by atoms with van der Waals surface area (Å²) < 4.78 is 0. The maximum atomic E-state index is 12.2. The van der Waals surface area contributed by atoms with Gasteiger partial charge in [0.15, 0.2) is 0 Å². The molecule has 20 heteroatoms. The van der Waals surface area contributed by atoms with Crippen molar-refractivity contribution in [3.05, 3.63) is 57.5 Å². The minimum atomic E-state index is -1.57. The maximum absolute atomic E-state index is 12.2. The van der Waals surface area contributed by atoms with Gasteiger partial charge in [0, 0.05) is 17.7 Å². The van der Waals surface area contributed by atoms with Crippen molar-refractivity contribution in [3.63, 3.8) is 0 Å². The van der Waals surface area contributed by atoms with Crippen LogP contribution in [0.5, 0.6) is 0 Å². The number of carbonyl (C=O) groups is 3. The topological polar surface area (TPSA) is 417 Å². The molecule has 3 aromatic rings. The van der Waals surface area contributed by atoms with Crippen LogP contribution in [0.1, 0.15) is 34.3 Å². The minimum absolute atomic E-state index is 0. The van der Waals surface area contributed by atoms with Crippen LogP contribution in [0.4, 0.5) is 5.95 Å². The van der Waals surface area contributed by atoms with E-state index in [1.807, 2.05) is 0 Å². The van der Waals surface area contributed by atoms with Gasteiger partial charge in [0.25, 0.3) is 11.5 Å². The van der Waals surface area contributed by atoms with E-state index in [1.54, 1.807) is 18.3 Å². The molecule has 1 aromatic carbocycles. The van der Waals surface area contributed by atoms with Crippen molar-refractivity contribution in [2.45, 2.75) is 31.7 Å². The van der Waals surface area contributed by atoms with Crippen LogP contribution in [0, 0.1) is 0 Å². The fourth-order valence-electron chi connectivity index (χ4n) is 3.17. The van der Waals surface area contributed by atoms with E-state index >= 15 is 0 Å². The Hall–Kier alpha value is -2.43. The Morgan fingerprint density at radius 2 is 1.48 bits per heavy atom. The number of aromatic nitrogens is 3. The molecule has 18 nitrogen and oxygen atoms in total. The number of carboxylic acids is 2. The van der Waals surface area contributed by atoms with Crippen molar-refractivity contribution in [2.24, 2.45) is 0 Å². The first kappa shape index (κ1) is 53.8. The molecule has 0 spiro atoms. The zero-order valence-corrected chi connectivity index (χ0v) is 25.8. The average molecular weight is 597 g/mol. The van der Waals surface area contributed by atoms with Gasteiger partial charge in [-0.25, -0.2) is 0 Å². The number of anilines is 1. The van der Waals surface area contributed by atoms with Gasteiger partial charge in [0.05, 0.1) is 17.4 Å². The van der Waals surface area contributed by atoms with Gasteiger partial charge in [-0.15, -0.1) is 0 Å². The Bertz CT molecular complexity index is 1210. The Morgan fingerprint density at radius 3 is 1.98 bits per heavy atom. The molecular weight excluding hydrogens is 564 g/mol. The van der Waals surface area contributed by atoms with Crippen LogP contribution >= 0.6 is 0 Å². The zero-order valence-electron chi connectivity index (χ0n) is 21.8. The van der Waals surface area contributed by atoms with Crippen molar-refractivity contribution in [3.8, 4) is 0 Å². The molecule has 1 atom stereocenters. The number of nitrogens with zero attached hydrogens (tertiary/aromatic N) is 1. The number of nitrogen functional groups attached to an aromatic ring is 1. The van der Waals surface area contributed by atoms with E-state index in [1.165, 1.54) is 12.1 Å². The van der Waals surface area contributed by atoms with Gasteiger partial charge < -0.3 is 74.2 Å². The molecule has 0 radical (unpaired) electrons. The molecule has 19 N–H and O–H groups in total. The number of aromatic amines is 2. The summed E-state index contributed by atoms with van der Waals surface area (Å²) in [5, 5.41) is 24.3. The largest absolute Gasteiger partial charge is 1.00 e. The predicted molar refractivity (Wildman–Crippen MR) is 131 cm³/mol. The third-order valence-corrected chi connectivity index (χ3v) is 4.77. The first-order valence-electron chi connectivity index (χ1n) is 9.41. The summed E-state index contributed by atoms with van der Waals surface area (Å²) in [5.74, 6) is -3.62. The number of fused-ring (bicyclic) bond motifs is 1. The Kier molecular flexibility index (Phi) is 32.8. The molecule has 0 saturated heterocycles. The Balaban J connectivity index is -0.000000242. The van der Waals surface area contributed by atoms with Crippen LogP contribution in [0.3, 0.4) is 0 Å². The van der Waals surface area contributed by atoms with Crippen LogP contribution in [0.25, 0.3) is 11.0 Å². The SMILES string of the molecule is Nc1nc2[nH]cc(CCc3ccc(C(=O)N[C@H](CCC(=O)[O-])C(=O)[O-])cc3)c2c(=O)[nH]1.O.O.O.O.O.O.O.[Na+].[Na+]. The molecule has 0 aliphatic rings. The number of hydrogen-bond acceptors (Lipinski definition) is 8. The summed E-state index contributed by atoms with van der Waals surface area (Å²) in [6, 6.07) is 5.03. The van der Waals surface area contributed by atoms with Crippen LogP contribution in [0.15, 0.2) is 35.3 Å². The summed E-state index contributed by atoms with van der Waals surface area (Å²) in [7, 11) is 0. The molecule has 2 aromatic heterocycles. The average Bonchev–Trinajstić information content (AvgIpc) is 3.12. The smallest absolute Gasteiger partial charge is 0.550 e. The second kappa shape index (κ2) is 24.4. The zero-order chi connectivity index (χ0) is 22.5. The normalized spacial score (nSPS) is 9.20. The van der Waals surface area contributed by atoms with Crippen LogP contribution in [-0.4, -0.2) is 77.2 Å². The molecule has 3 rings (SSSR count). The van der Waals surface area contributed by atoms with E-state index in [0.29, 0.717) is 23.9 Å². The summed E-state index contributed by atoms with van der Waals surface area (Å²) >= 11 is 0. The maximum Gasteiger partial charge on any atom is 1.00 e. The quantitative estimate of drug-likeness (QED) is 0.171. The molecule has 0 aliphatic carbocycles. The number of rotatable bonds is 9. The summed E-state index contributed by atoms with van der Waals surface area (Å²) in [5.41, 5.74) is 7.49. The van der Waals surface area contributed by atoms with E-state index in [2.05, 4.69) is 20.3 Å². The number of H-pyrrole nitrogens is 2. The molecule has 218 valence electrons. The standard InChI is InChI=1S/C20H21N5O6.2Na.7H2O/c21-20-24-16-15(18(29)25-20)12(9-22-16)6-3-10-1-4-11(5-2-10)17(28)23-13(19(30)31)7-8-14(26)27;;;;;;;;;/h1-2,4-5,9,13H,3,6-8H2,(H,23,28)(H,26,27)(H,30,31)(H4,21,22,24,25,29);;;7*1H2/q;2*+1;;;;;;;/p-2/t13-;;;;;;;;;/m1........./s1. The summed E-state index contributed by atoms with van der Waals surface area (Å²) in [6.07, 6.45) is 1.96. The van der Waals surface area contributed by atoms with Crippen LogP contribution < -0.4 is 85.9 Å². The molecule has 2 heterocycles. The van der Waals surface area contributed by atoms with E-state index in [-0.39, 0.29) is 121 Å². The molecule has 0 fully saturated rings. The van der Waals surface area contributed by atoms with Crippen LogP contribution in [-0.2, 0) is 22.4 Å². The number of amides is 1. The summed E-state index contributed by atoms with van der Waals surface area (Å²) in [6.45, 7) is 0. The third kappa shape index (κ3) is 14.3. The molecule has 0 unspecified atom stereocenters. The molecule has 0 aliphatic heterocycles. The number of aliphatic carboxylic acids is 2. The number of benzene rings is 1. The van der Waals surface area contributed by atoms with Gasteiger partial charge in [0.1, 0.15) is 5.65 Å². The number of nitrogens with two attached hydrogens (primary N) is 1. The Labute approximate surface area is 270 Å². The van der Waals surface area contributed by atoms with E-state index in [0.717, 1.165) is 11.1 Å². The summed E-state index contributed by atoms with van der Waals surface area (Å²) in [4.78, 5) is 55.4. The fourth-order valence-corrected chi connectivity index (χ4v) is 3.17. The molecule has 0 bridgehead atoms. The van der Waals surface area contributed by atoms with E-state index < -0.39 is 30.3 Å². The van der Waals surface area contributed by atoms with Gasteiger partial charge in [-0.05, 0) is 48.9 Å². The number of carboxylic acid groups (broad SMARTS) is 2. The first-order valence-corrected chi connectivity index (χ1v) is 9.41. The first-order chi connectivity index (χ1) is 14.7. The molecule has 40 heavy (non-hydrogen) atoms. The van der Waals surface area contributed by atoms with Crippen molar-refractivity contribution >= 4 is 34.8 Å². The Morgan fingerprint density at radius 1 is 0.925 bits per heavy atom. The second-order valence-corrected chi connectivity index (χ2v) is 6.94. The fraction of sp³-hybridized carbons (Fsp3) is 0.250. The van der Waals surface area contributed by atoms with Crippen molar-refractivity contribution in [2.75, 3.05) is 5.73 Å². The van der Waals surface area contributed by atoms with Gasteiger partial charge in [-0.3, -0.25) is 14.6 Å². The second-order valence-electron chi connectivity index (χ2n) is 6.94. The van der Waals surface area contributed by atoms with Gasteiger partial charge in [-0.1, -0.05) is 12.1 Å². The number of nitrogens with one attached hydrogen (secondary N) is 3. The molecule has 0 saturated carbocycles. The predicted octanol–water partition coefficient (Wildman–Crippen LogP) is -13.8. The molecular formula is C20H33N5Na2O13. The van der Waals surface area contributed by atoms with Gasteiger partial charge in [0.2, 0.25) is 5.95 Å². The van der Waals surface area contributed by atoms with E-state index in [9.17, 15) is 29.4 Å².